The van der Waals surface area contributed by atoms with Gasteiger partial charge in [0, 0.05) is 4.90 Å². The number of aromatic amines is 1. The van der Waals surface area contributed by atoms with Crippen LogP contribution in [0.3, 0.4) is 0 Å². The number of carbonyl (C=O) groups is 2. The van der Waals surface area contributed by atoms with Crippen molar-refractivity contribution in [2.75, 3.05) is 13.4 Å². The SMILES string of the molecule is COC(=O)C[C@H](NC(=O)c1cn[nH]n1)c1ccc(SC)cc1. The molecule has 1 atom stereocenters. The molecule has 8 heteroatoms. The summed E-state index contributed by atoms with van der Waals surface area (Å²) in [4.78, 5) is 24.8. The fourth-order valence-corrected chi connectivity index (χ4v) is 2.29. The van der Waals surface area contributed by atoms with E-state index in [0.717, 1.165) is 10.5 Å². The van der Waals surface area contributed by atoms with Crippen molar-refractivity contribution in [1.82, 2.24) is 20.7 Å². The van der Waals surface area contributed by atoms with Crippen molar-refractivity contribution in [3.63, 3.8) is 0 Å². The molecule has 0 radical (unpaired) electrons. The minimum atomic E-state index is -0.493. The molecule has 0 aliphatic rings. The average molecular weight is 320 g/mol. The largest absolute Gasteiger partial charge is 0.469 e. The molecule has 0 saturated carbocycles. The van der Waals surface area contributed by atoms with E-state index in [1.54, 1.807) is 11.8 Å². The Morgan fingerprint density at radius 1 is 1.36 bits per heavy atom. The normalized spacial score (nSPS) is 11.7. The van der Waals surface area contributed by atoms with E-state index in [-0.39, 0.29) is 12.1 Å². The van der Waals surface area contributed by atoms with E-state index in [0.29, 0.717) is 0 Å². The van der Waals surface area contributed by atoms with Crippen LogP contribution in [0.4, 0.5) is 0 Å². The molecule has 0 unspecified atom stereocenters. The van der Waals surface area contributed by atoms with Crippen LogP contribution in [0.1, 0.15) is 28.5 Å². The maximum Gasteiger partial charge on any atom is 0.307 e. The first-order chi connectivity index (χ1) is 10.6. The summed E-state index contributed by atoms with van der Waals surface area (Å²) in [5.41, 5.74) is 0.982. The van der Waals surface area contributed by atoms with Crippen LogP contribution < -0.4 is 5.32 Å². The van der Waals surface area contributed by atoms with Gasteiger partial charge in [-0.3, -0.25) is 9.59 Å². The van der Waals surface area contributed by atoms with E-state index in [2.05, 4.69) is 20.7 Å². The number of ether oxygens (including phenoxy) is 1. The Morgan fingerprint density at radius 3 is 2.64 bits per heavy atom. The summed E-state index contributed by atoms with van der Waals surface area (Å²) in [6, 6.07) is 7.14. The average Bonchev–Trinajstić information content (AvgIpc) is 3.08. The topological polar surface area (TPSA) is 97.0 Å². The molecule has 22 heavy (non-hydrogen) atoms. The smallest absolute Gasteiger partial charge is 0.307 e. The molecule has 0 bridgehead atoms. The zero-order valence-corrected chi connectivity index (χ0v) is 13.0. The minimum absolute atomic E-state index is 0.0404. The van der Waals surface area contributed by atoms with Gasteiger partial charge in [0.1, 0.15) is 0 Å². The van der Waals surface area contributed by atoms with E-state index in [1.165, 1.54) is 13.3 Å². The molecule has 1 heterocycles. The predicted octanol–water partition coefficient (Wildman–Crippen LogP) is 1.56. The van der Waals surface area contributed by atoms with Crippen molar-refractivity contribution in [2.24, 2.45) is 0 Å². The molecule has 0 aliphatic heterocycles. The van der Waals surface area contributed by atoms with Gasteiger partial charge < -0.3 is 10.1 Å². The number of nitrogens with one attached hydrogen (secondary N) is 2. The summed E-state index contributed by atoms with van der Waals surface area (Å²) in [5.74, 6) is -0.809. The van der Waals surface area contributed by atoms with Crippen molar-refractivity contribution in [3.8, 4) is 0 Å². The Kier molecular flexibility index (Phi) is 5.54. The van der Waals surface area contributed by atoms with Gasteiger partial charge in [0.15, 0.2) is 5.69 Å². The minimum Gasteiger partial charge on any atom is -0.469 e. The molecule has 2 N–H and O–H groups in total. The van der Waals surface area contributed by atoms with E-state index in [1.807, 2.05) is 30.5 Å². The first-order valence-corrected chi connectivity index (χ1v) is 7.74. The third-order valence-electron chi connectivity index (χ3n) is 3.07. The first kappa shape index (κ1) is 16.0. The summed E-state index contributed by atoms with van der Waals surface area (Å²) in [5, 5.41) is 12.5. The number of H-pyrrole nitrogens is 1. The second-order valence-corrected chi connectivity index (χ2v) is 5.31. The van der Waals surface area contributed by atoms with E-state index < -0.39 is 17.9 Å². The fourth-order valence-electron chi connectivity index (χ4n) is 1.88. The molecular formula is C14H16N4O3S. The number of rotatable bonds is 6. The standard InChI is InChI=1S/C14H16N4O3S/c1-21-13(19)7-11(9-3-5-10(22-2)6-4-9)16-14(20)12-8-15-18-17-12/h3-6,8,11H,7H2,1-2H3,(H,16,20)(H,15,17,18)/t11-/m0/s1. The molecule has 1 amide bonds. The van der Waals surface area contributed by atoms with E-state index >= 15 is 0 Å². The predicted molar refractivity (Wildman–Crippen MR) is 81.4 cm³/mol. The lowest BCUT2D eigenvalue weighted by Crippen LogP contribution is -2.30. The van der Waals surface area contributed by atoms with Gasteiger partial charge in [0.25, 0.3) is 5.91 Å². The van der Waals surface area contributed by atoms with Gasteiger partial charge in [-0.25, -0.2) is 0 Å². The molecule has 0 saturated heterocycles. The number of hydrogen-bond acceptors (Lipinski definition) is 6. The number of amides is 1. The van der Waals surface area contributed by atoms with Gasteiger partial charge in [-0.15, -0.1) is 11.8 Å². The summed E-state index contributed by atoms with van der Waals surface area (Å²) in [6.45, 7) is 0. The number of carbonyl (C=O) groups excluding carboxylic acids is 2. The van der Waals surface area contributed by atoms with Crippen LogP contribution in [-0.2, 0) is 9.53 Å². The second kappa shape index (κ2) is 7.60. The fraction of sp³-hybridized carbons (Fsp3) is 0.286. The number of benzene rings is 1. The van der Waals surface area contributed by atoms with Gasteiger partial charge in [0.05, 0.1) is 25.8 Å². The first-order valence-electron chi connectivity index (χ1n) is 6.51. The molecule has 2 rings (SSSR count). The second-order valence-electron chi connectivity index (χ2n) is 4.43. The Bertz CT molecular complexity index is 628. The van der Waals surface area contributed by atoms with Crippen LogP contribution in [0.15, 0.2) is 35.4 Å². The maximum atomic E-state index is 12.1. The van der Waals surface area contributed by atoms with Gasteiger partial charge in [-0.2, -0.15) is 15.4 Å². The monoisotopic (exact) mass is 320 g/mol. The molecular weight excluding hydrogens is 304 g/mol. The molecule has 1 aromatic heterocycles. The molecule has 0 spiro atoms. The summed E-state index contributed by atoms with van der Waals surface area (Å²) >= 11 is 1.62. The highest BCUT2D eigenvalue weighted by Gasteiger charge is 2.20. The van der Waals surface area contributed by atoms with Gasteiger partial charge in [-0.1, -0.05) is 12.1 Å². The van der Waals surface area contributed by atoms with Gasteiger partial charge in [0.2, 0.25) is 0 Å². The molecule has 116 valence electrons. The highest BCUT2D eigenvalue weighted by atomic mass is 32.2. The molecule has 0 aliphatic carbocycles. The third-order valence-corrected chi connectivity index (χ3v) is 3.81. The Balaban J connectivity index is 2.17. The highest BCUT2D eigenvalue weighted by molar-refractivity contribution is 7.98. The van der Waals surface area contributed by atoms with E-state index in [4.69, 9.17) is 4.74 Å². The third kappa shape index (κ3) is 4.08. The lowest BCUT2D eigenvalue weighted by Gasteiger charge is -2.17. The van der Waals surface area contributed by atoms with Crippen LogP contribution in [-0.4, -0.2) is 40.7 Å². The van der Waals surface area contributed by atoms with Crippen molar-refractivity contribution in [1.29, 1.82) is 0 Å². The lowest BCUT2D eigenvalue weighted by molar-refractivity contribution is -0.141. The number of methoxy groups -OCH3 is 1. The zero-order chi connectivity index (χ0) is 15.9. The summed E-state index contributed by atoms with van der Waals surface area (Å²) in [7, 11) is 1.32. The van der Waals surface area contributed by atoms with Crippen LogP contribution in [0.25, 0.3) is 0 Å². The quantitative estimate of drug-likeness (QED) is 0.619. The zero-order valence-electron chi connectivity index (χ0n) is 12.2. The summed E-state index contributed by atoms with van der Waals surface area (Å²) in [6.07, 6.45) is 3.34. The van der Waals surface area contributed by atoms with Crippen molar-refractivity contribution >= 4 is 23.6 Å². The molecule has 1 aromatic carbocycles. The number of aromatic nitrogens is 3. The van der Waals surface area contributed by atoms with Crippen molar-refractivity contribution < 1.29 is 14.3 Å². The number of thioether (sulfide) groups is 1. The van der Waals surface area contributed by atoms with Crippen molar-refractivity contribution in [2.45, 2.75) is 17.4 Å². The number of nitrogens with zero attached hydrogens (tertiary/aromatic N) is 2. The summed E-state index contributed by atoms with van der Waals surface area (Å²) < 4.78 is 4.69. The highest BCUT2D eigenvalue weighted by Crippen LogP contribution is 2.22. The van der Waals surface area contributed by atoms with Gasteiger partial charge >= 0.3 is 5.97 Å². The Morgan fingerprint density at radius 2 is 2.09 bits per heavy atom. The van der Waals surface area contributed by atoms with E-state index in [9.17, 15) is 9.59 Å². The lowest BCUT2D eigenvalue weighted by atomic mass is 10.0. The van der Waals surface area contributed by atoms with Crippen molar-refractivity contribution in [3.05, 3.63) is 41.7 Å². The number of hydrogen-bond donors (Lipinski definition) is 2. The molecule has 0 fully saturated rings. The molecule has 2 aromatic rings. The molecule has 7 nitrogen and oxygen atoms in total. The van der Waals surface area contributed by atoms with Crippen LogP contribution in [0.2, 0.25) is 0 Å². The van der Waals surface area contributed by atoms with Crippen LogP contribution in [0.5, 0.6) is 0 Å². The maximum absolute atomic E-state index is 12.1. The Hall–Kier alpha value is -2.35. The Labute approximate surface area is 131 Å². The van der Waals surface area contributed by atoms with Crippen LogP contribution in [0, 0.1) is 0 Å². The van der Waals surface area contributed by atoms with Gasteiger partial charge in [-0.05, 0) is 24.0 Å². The number of esters is 1. The van der Waals surface area contributed by atoms with Crippen LogP contribution >= 0.6 is 11.8 Å².